The minimum absolute atomic E-state index is 0.316. The van der Waals surface area contributed by atoms with Gasteiger partial charge in [0.15, 0.2) is 0 Å². The van der Waals surface area contributed by atoms with Gasteiger partial charge in [-0.15, -0.1) is 5.10 Å². The number of hydrogen-bond acceptors (Lipinski definition) is 4. The number of nitrogens with zero attached hydrogens (tertiary/aromatic N) is 4. The van der Waals surface area contributed by atoms with Crippen molar-refractivity contribution in [3.8, 4) is 0 Å². The highest BCUT2D eigenvalue weighted by Gasteiger charge is 2.20. The molecule has 0 amide bonds. The van der Waals surface area contributed by atoms with E-state index in [2.05, 4.69) is 20.0 Å². The lowest BCUT2D eigenvalue weighted by atomic mass is 10.1. The first-order valence-corrected chi connectivity index (χ1v) is 8.73. The fourth-order valence-electron chi connectivity index (χ4n) is 3.21. The molecule has 1 saturated heterocycles. The minimum Gasteiger partial charge on any atom is -0.368 e. The Bertz CT molecular complexity index is 906. The molecule has 0 bridgehead atoms. The van der Waals surface area contributed by atoms with Crippen LogP contribution in [0.2, 0.25) is 10.0 Å². The maximum absolute atomic E-state index is 13.6. The summed E-state index contributed by atoms with van der Waals surface area (Å²) in [6.45, 7) is 3.12. The maximum Gasteiger partial charge on any atom is 0.126 e. The summed E-state index contributed by atoms with van der Waals surface area (Å²) in [4.78, 5) is 4.39. The first kappa shape index (κ1) is 16.4. The van der Waals surface area contributed by atoms with Gasteiger partial charge >= 0.3 is 0 Å². The summed E-state index contributed by atoms with van der Waals surface area (Å²) >= 11 is 12.2. The van der Waals surface area contributed by atoms with Gasteiger partial charge in [-0.2, -0.15) is 5.10 Å². The van der Waals surface area contributed by atoms with Crippen molar-refractivity contribution in [1.82, 2.24) is 10.2 Å². The number of hydrogen-bond donors (Lipinski definition) is 0. The van der Waals surface area contributed by atoms with Crippen molar-refractivity contribution >= 4 is 45.5 Å². The van der Waals surface area contributed by atoms with Gasteiger partial charge in [0, 0.05) is 42.3 Å². The quantitative estimate of drug-likeness (QED) is 0.663. The Hall–Kier alpha value is -2.11. The normalized spacial score (nSPS) is 15.0. The zero-order valence-electron chi connectivity index (χ0n) is 13.3. The van der Waals surface area contributed by atoms with E-state index >= 15 is 0 Å². The molecule has 0 saturated carbocycles. The van der Waals surface area contributed by atoms with Crippen LogP contribution in [0, 0.1) is 5.82 Å². The Balaban J connectivity index is 1.57. The summed E-state index contributed by atoms with van der Waals surface area (Å²) in [6.07, 6.45) is 1.77. The molecule has 4 rings (SSSR count). The molecule has 1 fully saturated rings. The number of benzene rings is 2. The molecule has 0 atom stereocenters. The van der Waals surface area contributed by atoms with Gasteiger partial charge in [-0.05, 0) is 24.3 Å². The lowest BCUT2D eigenvalue weighted by Gasteiger charge is -2.37. The van der Waals surface area contributed by atoms with Crippen LogP contribution in [0.25, 0.3) is 10.9 Å². The van der Waals surface area contributed by atoms with Gasteiger partial charge in [0.05, 0.1) is 16.9 Å². The summed E-state index contributed by atoms with van der Waals surface area (Å²) < 4.78 is 13.6. The van der Waals surface area contributed by atoms with E-state index in [0.717, 1.165) is 42.9 Å². The Kier molecular flexibility index (Phi) is 4.36. The van der Waals surface area contributed by atoms with Crippen LogP contribution in [0.1, 0.15) is 0 Å². The molecule has 0 radical (unpaired) electrons. The first-order valence-electron chi connectivity index (χ1n) is 7.98. The van der Waals surface area contributed by atoms with Crippen LogP contribution in [0.4, 0.5) is 15.8 Å². The number of halogens is 3. The van der Waals surface area contributed by atoms with Gasteiger partial charge in [-0.25, -0.2) is 4.39 Å². The van der Waals surface area contributed by atoms with Gasteiger partial charge in [-0.3, -0.25) is 0 Å². The van der Waals surface area contributed by atoms with Crippen molar-refractivity contribution in [3.05, 3.63) is 58.5 Å². The van der Waals surface area contributed by atoms with Crippen LogP contribution < -0.4 is 9.80 Å². The molecular weight excluding hydrogens is 362 g/mol. The molecule has 1 aromatic heterocycles. The van der Waals surface area contributed by atoms with Crippen LogP contribution in [0.3, 0.4) is 0 Å². The Labute approximate surface area is 154 Å². The SMILES string of the molecule is Fc1cc(Cl)cc(N2CCN(c3cnnc4c(Cl)cccc34)CC2)c1. The number of fused-ring (bicyclic) bond motifs is 1. The molecule has 1 aliphatic rings. The van der Waals surface area contributed by atoms with Gasteiger partial charge in [-0.1, -0.05) is 35.3 Å². The van der Waals surface area contributed by atoms with E-state index in [1.807, 2.05) is 18.2 Å². The van der Waals surface area contributed by atoms with Crippen molar-refractivity contribution in [2.45, 2.75) is 0 Å². The van der Waals surface area contributed by atoms with E-state index < -0.39 is 0 Å². The molecule has 7 heteroatoms. The second-order valence-corrected chi connectivity index (χ2v) is 6.81. The van der Waals surface area contributed by atoms with Gasteiger partial charge in [0.1, 0.15) is 11.3 Å². The highest BCUT2D eigenvalue weighted by Crippen LogP contribution is 2.30. The van der Waals surface area contributed by atoms with Crippen LogP contribution in [-0.4, -0.2) is 36.4 Å². The zero-order chi connectivity index (χ0) is 17.4. The van der Waals surface area contributed by atoms with Crippen molar-refractivity contribution in [3.63, 3.8) is 0 Å². The molecular formula is C18H15Cl2FN4. The standard InChI is InChI=1S/C18H15Cl2FN4/c19-12-8-13(21)10-14(9-12)24-4-6-25(7-5-24)17-11-22-23-18-15(17)2-1-3-16(18)20/h1-3,8-11H,4-7H2. The molecule has 0 N–H and O–H groups in total. The number of piperazine rings is 1. The molecule has 128 valence electrons. The van der Waals surface area contributed by atoms with E-state index in [0.29, 0.717) is 15.6 Å². The molecule has 0 unspecified atom stereocenters. The minimum atomic E-state index is -0.316. The number of rotatable bonds is 2. The number of anilines is 2. The summed E-state index contributed by atoms with van der Waals surface area (Å²) in [6, 6.07) is 10.4. The second-order valence-electron chi connectivity index (χ2n) is 5.97. The Morgan fingerprint density at radius 2 is 1.72 bits per heavy atom. The average molecular weight is 377 g/mol. The summed E-state index contributed by atoms with van der Waals surface area (Å²) in [5.41, 5.74) is 2.54. The maximum atomic E-state index is 13.6. The van der Waals surface area contributed by atoms with E-state index in [9.17, 15) is 4.39 Å². The number of aromatic nitrogens is 2. The van der Waals surface area contributed by atoms with Gasteiger partial charge < -0.3 is 9.80 Å². The Morgan fingerprint density at radius 1 is 0.960 bits per heavy atom. The molecule has 2 aromatic carbocycles. The fourth-order valence-corrected chi connectivity index (χ4v) is 3.64. The first-order chi connectivity index (χ1) is 12.1. The average Bonchev–Trinajstić information content (AvgIpc) is 2.61. The third-order valence-electron chi connectivity index (χ3n) is 4.43. The van der Waals surface area contributed by atoms with Crippen LogP contribution in [0.15, 0.2) is 42.6 Å². The van der Waals surface area contributed by atoms with E-state index in [1.54, 1.807) is 12.3 Å². The van der Waals surface area contributed by atoms with E-state index in [4.69, 9.17) is 23.2 Å². The lowest BCUT2D eigenvalue weighted by Crippen LogP contribution is -2.46. The third kappa shape index (κ3) is 3.22. The second kappa shape index (κ2) is 6.65. The van der Waals surface area contributed by atoms with Crippen LogP contribution in [0.5, 0.6) is 0 Å². The van der Waals surface area contributed by atoms with Crippen LogP contribution in [-0.2, 0) is 0 Å². The predicted octanol–water partition coefficient (Wildman–Crippen LogP) is 4.40. The third-order valence-corrected chi connectivity index (χ3v) is 4.96. The molecule has 0 aliphatic carbocycles. The predicted molar refractivity (Wildman–Crippen MR) is 100 cm³/mol. The van der Waals surface area contributed by atoms with Crippen molar-refractivity contribution in [2.75, 3.05) is 36.0 Å². The van der Waals surface area contributed by atoms with Crippen LogP contribution >= 0.6 is 23.2 Å². The van der Waals surface area contributed by atoms with Crippen molar-refractivity contribution in [1.29, 1.82) is 0 Å². The molecule has 25 heavy (non-hydrogen) atoms. The van der Waals surface area contributed by atoms with E-state index in [-0.39, 0.29) is 5.82 Å². The van der Waals surface area contributed by atoms with Gasteiger partial charge in [0.25, 0.3) is 0 Å². The monoisotopic (exact) mass is 376 g/mol. The van der Waals surface area contributed by atoms with Crippen molar-refractivity contribution < 1.29 is 4.39 Å². The topological polar surface area (TPSA) is 32.3 Å². The summed E-state index contributed by atoms with van der Waals surface area (Å²) in [5, 5.41) is 10.2. The van der Waals surface area contributed by atoms with Crippen molar-refractivity contribution in [2.24, 2.45) is 0 Å². The molecule has 2 heterocycles. The smallest absolute Gasteiger partial charge is 0.126 e. The molecule has 0 spiro atoms. The molecule has 3 aromatic rings. The fraction of sp³-hybridized carbons (Fsp3) is 0.222. The highest BCUT2D eigenvalue weighted by atomic mass is 35.5. The zero-order valence-corrected chi connectivity index (χ0v) is 14.8. The van der Waals surface area contributed by atoms with Gasteiger partial charge in [0.2, 0.25) is 0 Å². The summed E-state index contributed by atoms with van der Waals surface area (Å²) in [7, 11) is 0. The summed E-state index contributed by atoms with van der Waals surface area (Å²) in [5.74, 6) is -0.316. The lowest BCUT2D eigenvalue weighted by molar-refractivity contribution is 0.620. The van der Waals surface area contributed by atoms with E-state index in [1.165, 1.54) is 12.1 Å². The molecule has 1 aliphatic heterocycles. The largest absolute Gasteiger partial charge is 0.368 e. The highest BCUT2D eigenvalue weighted by molar-refractivity contribution is 6.35. The molecule has 4 nitrogen and oxygen atoms in total. The Morgan fingerprint density at radius 3 is 2.48 bits per heavy atom.